The summed E-state index contributed by atoms with van der Waals surface area (Å²) in [5.74, 6) is 1.42. The van der Waals surface area contributed by atoms with Crippen LogP contribution in [0.4, 0.5) is 0 Å². The Morgan fingerprint density at radius 2 is 2.20 bits per heavy atom. The maximum absolute atomic E-state index is 11.2. The number of allylic oxidation sites excluding steroid dienone is 1. The lowest BCUT2D eigenvalue weighted by Crippen LogP contribution is -2.44. The lowest BCUT2D eigenvalue weighted by molar-refractivity contribution is -0.118. The molecule has 1 heteroatoms. The standard InChI is InChI=1S/C14H22O/c1-10-7-8-14(3)11(2)5-4-6-13(14)12(10)9-15/h9-10,12-13H,2,4-8H2,1,3H3/t10-,12+,13-,14-/m0/s1. The SMILES string of the molecule is C=C1CCC[C@H]2[C@H](C=O)[C@@H](C)CC[C@@]12C. The van der Waals surface area contributed by atoms with Crippen LogP contribution in [0.1, 0.15) is 46.0 Å². The molecule has 4 atom stereocenters. The third-order valence-corrected chi connectivity index (χ3v) is 5.02. The monoisotopic (exact) mass is 206 g/mol. The Bertz CT molecular complexity index is 281. The Hall–Kier alpha value is -0.590. The molecule has 15 heavy (non-hydrogen) atoms. The van der Waals surface area contributed by atoms with Crippen LogP contribution in [-0.4, -0.2) is 6.29 Å². The fraction of sp³-hybridized carbons (Fsp3) is 0.786. The van der Waals surface area contributed by atoms with Gasteiger partial charge in [-0.1, -0.05) is 26.0 Å². The lowest BCUT2D eigenvalue weighted by Gasteiger charge is -2.51. The molecule has 0 radical (unpaired) electrons. The third-order valence-electron chi connectivity index (χ3n) is 5.02. The molecule has 0 saturated heterocycles. The third kappa shape index (κ3) is 1.56. The number of hydrogen-bond acceptors (Lipinski definition) is 1. The Morgan fingerprint density at radius 3 is 2.87 bits per heavy atom. The minimum Gasteiger partial charge on any atom is -0.303 e. The Morgan fingerprint density at radius 1 is 1.47 bits per heavy atom. The highest BCUT2D eigenvalue weighted by molar-refractivity contribution is 5.55. The van der Waals surface area contributed by atoms with Crippen LogP contribution in [0.3, 0.4) is 0 Å². The van der Waals surface area contributed by atoms with Crippen LogP contribution in [0, 0.1) is 23.2 Å². The smallest absolute Gasteiger partial charge is 0.123 e. The highest BCUT2D eigenvalue weighted by atomic mass is 16.1. The maximum atomic E-state index is 11.2. The molecular weight excluding hydrogens is 184 g/mol. The molecule has 0 spiro atoms. The van der Waals surface area contributed by atoms with Crippen LogP contribution in [0.5, 0.6) is 0 Å². The van der Waals surface area contributed by atoms with Gasteiger partial charge in [-0.25, -0.2) is 0 Å². The normalized spacial score (nSPS) is 46.0. The summed E-state index contributed by atoms with van der Waals surface area (Å²) in [7, 11) is 0. The topological polar surface area (TPSA) is 17.1 Å². The molecule has 0 aliphatic heterocycles. The largest absolute Gasteiger partial charge is 0.303 e. The number of rotatable bonds is 1. The molecule has 2 fully saturated rings. The Kier molecular flexibility index (Phi) is 2.74. The lowest BCUT2D eigenvalue weighted by atomic mass is 9.53. The van der Waals surface area contributed by atoms with Crippen molar-refractivity contribution in [2.75, 3.05) is 0 Å². The molecule has 0 unspecified atom stereocenters. The zero-order chi connectivity index (χ0) is 11.1. The van der Waals surface area contributed by atoms with Gasteiger partial charge in [0, 0.05) is 5.92 Å². The van der Waals surface area contributed by atoms with Gasteiger partial charge in [-0.2, -0.15) is 0 Å². The summed E-state index contributed by atoms with van der Waals surface area (Å²) in [5.41, 5.74) is 1.66. The molecule has 0 aromatic rings. The van der Waals surface area contributed by atoms with Gasteiger partial charge in [-0.05, 0) is 49.4 Å². The zero-order valence-electron chi connectivity index (χ0n) is 9.96. The van der Waals surface area contributed by atoms with E-state index in [0.717, 1.165) is 0 Å². The van der Waals surface area contributed by atoms with Crippen molar-refractivity contribution in [3.05, 3.63) is 12.2 Å². The van der Waals surface area contributed by atoms with Crippen molar-refractivity contribution >= 4 is 6.29 Å². The summed E-state index contributed by atoms with van der Waals surface area (Å²) < 4.78 is 0. The van der Waals surface area contributed by atoms with E-state index in [1.165, 1.54) is 44.0 Å². The second-order valence-electron chi connectivity index (χ2n) is 5.75. The summed E-state index contributed by atoms with van der Waals surface area (Å²) in [6.07, 6.45) is 7.27. The van der Waals surface area contributed by atoms with Gasteiger partial charge in [0.25, 0.3) is 0 Å². The molecule has 2 aliphatic rings. The molecule has 84 valence electrons. The Labute approximate surface area is 92.9 Å². The van der Waals surface area contributed by atoms with Crippen LogP contribution >= 0.6 is 0 Å². The molecule has 0 amide bonds. The first-order valence-electron chi connectivity index (χ1n) is 6.23. The van der Waals surface area contributed by atoms with Crippen LogP contribution in [0.2, 0.25) is 0 Å². The molecule has 0 N–H and O–H groups in total. The number of aldehydes is 1. The molecule has 0 aromatic carbocycles. The van der Waals surface area contributed by atoms with Gasteiger partial charge in [0.15, 0.2) is 0 Å². The van der Waals surface area contributed by atoms with E-state index in [4.69, 9.17) is 0 Å². The highest BCUT2D eigenvalue weighted by Crippen LogP contribution is 2.55. The van der Waals surface area contributed by atoms with E-state index in [9.17, 15) is 4.79 Å². The first kappa shape index (κ1) is 10.9. The molecule has 0 bridgehead atoms. The van der Waals surface area contributed by atoms with Gasteiger partial charge in [0.2, 0.25) is 0 Å². The van der Waals surface area contributed by atoms with Gasteiger partial charge >= 0.3 is 0 Å². The van der Waals surface area contributed by atoms with Gasteiger partial charge in [0.1, 0.15) is 6.29 Å². The van der Waals surface area contributed by atoms with Crippen molar-refractivity contribution < 1.29 is 4.79 Å². The van der Waals surface area contributed by atoms with Crippen molar-refractivity contribution in [1.29, 1.82) is 0 Å². The van der Waals surface area contributed by atoms with E-state index < -0.39 is 0 Å². The van der Waals surface area contributed by atoms with Crippen LogP contribution in [-0.2, 0) is 4.79 Å². The minimum absolute atomic E-state index is 0.260. The molecule has 0 heterocycles. The number of carbonyl (C=O) groups is 1. The molecular formula is C14H22O. The predicted molar refractivity (Wildman–Crippen MR) is 62.5 cm³/mol. The highest BCUT2D eigenvalue weighted by Gasteiger charge is 2.47. The van der Waals surface area contributed by atoms with Gasteiger partial charge in [-0.15, -0.1) is 0 Å². The van der Waals surface area contributed by atoms with Crippen molar-refractivity contribution in [2.24, 2.45) is 23.2 Å². The summed E-state index contributed by atoms with van der Waals surface area (Å²) in [6.45, 7) is 8.82. The van der Waals surface area contributed by atoms with E-state index >= 15 is 0 Å². The Balaban J connectivity index is 2.30. The molecule has 1 nitrogen and oxygen atoms in total. The van der Waals surface area contributed by atoms with Crippen molar-refractivity contribution in [1.82, 2.24) is 0 Å². The van der Waals surface area contributed by atoms with Crippen molar-refractivity contribution in [2.45, 2.75) is 46.0 Å². The number of hydrogen-bond donors (Lipinski definition) is 0. The van der Waals surface area contributed by atoms with E-state index in [1.54, 1.807) is 0 Å². The zero-order valence-corrected chi connectivity index (χ0v) is 9.96. The van der Waals surface area contributed by atoms with Crippen LogP contribution in [0.15, 0.2) is 12.2 Å². The van der Waals surface area contributed by atoms with E-state index in [0.29, 0.717) is 11.8 Å². The summed E-state index contributed by atoms with van der Waals surface area (Å²) >= 11 is 0. The van der Waals surface area contributed by atoms with Crippen molar-refractivity contribution in [3.8, 4) is 0 Å². The van der Waals surface area contributed by atoms with Gasteiger partial charge < -0.3 is 4.79 Å². The van der Waals surface area contributed by atoms with Crippen molar-refractivity contribution in [3.63, 3.8) is 0 Å². The second kappa shape index (κ2) is 3.77. The second-order valence-corrected chi connectivity index (χ2v) is 5.75. The van der Waals surface area contributed by atoms with E-state index in [1.807, 2.05) is 0 Å². The molecule has 2 saturated carbocycles. The van der Waals surface area contributed by atoms with E-state index in [-0.39, 0.29) is 11.3 Å². The van der Waals surface area contributed by atoms with E-state index in [2.05, 4.69) is 20.4 Å². The van der Waals surface area contributed by atoms with Gasteiger partial charge in [-0.3, -0.25) is 0 Å². The quantitative estimate of drug-likeness (QED) is 0.473. The average molecular weight is 206 g/mol. The number of carbonyl (C=O) groups excluding carboxylic acids is 1. The summed E-state index contributed by atoms with van der Waals surface area (Å²) in [6, 6.07) is 0. The fourth-order valence-corrected chi connectivity index (χ4v) is 3.73. The minimum atomic E-state index is 0.260. The molecule has 2 aliphatic carbocycles. The first-order chi connectivity index (χ1) is 7.09. The first-order valence-corrected chi connectivity index (χ1v) is 6.23. The molecule has 2 rings (SSSR count). The molecule has 0 aromatic heterocycles. The number of fused-ring (bicyclic) bond motifs is 1. The maximum Gasteiger partial charge on any atom is 0.123 e. The average Bonchev–Trinajstić information content (AvgIpc) is 2.22. The van der Waals surface area contributed by atoms with Gasteiger partial charge in [0.05, 0.1) is 0 Å². The van der Waals surface area contributed by atoms with Crippen LogP contribution < -0.4 is 0 Å². The fourth-order valence-electron chi connectivity index (χ4n) is 3.73. The summed E-state index contributed by atoms with van der Waals surface area (Å²) in [5, 5.41) is 0. The van der Waals surface area contributed by atoms with Crippen LogP contribution in [0.25, 0.3) is 0 Å². The summed E-state index contributed by atoms with van der Waals surface area (Å²) in [4.78, 5) is 11.2. The predicted octanol–water partition coefficient (Wildman–Crippen LogP) is 3.59.